The van der Waals surface area contributed by atoms with E-state index >= 15 is 0 Å². The number of benzene rings is 2. The van der Waals surface area contributed by atoms with E-state index in [1.807, 2.05) is 30.3 Å². The normalized spacial score (nSPS) is 11.6. The van der Waals surface area contributed by atoms with Gasteiger partial charge in [0, 0.05) is 27.4 Å². The van der Waals surface area contributed by atoms with E-state index in [0.29, 0.717) is 5.02 Å². The second kappa shape index (κ2) is 3.59. The van der Waals surface area contributed by atoms with E-state index in [9.17, 15) is 4.79 Å². The van der Waals surface area contributed by atoms with Gasteiger partial charge in [-0.2, -0.15) is 0 Å². The zero-order valence-corrected chi connectivity index (χ0v) is 10.5. The molecule has 0 radical (unpaired) electrons. The SMILES string of the molecule is O=c1[nH]cc2ccc3c4cc(Cl)ccc4nc3c2[nH]1. The van der Waals surface area contributed by atoms with Crippen molar-refractivity contribution in [3.05, 3.63) is 52.0 Å². The molecule has 92 valence electrons. The van der Waals surface area contributed by atoms with Gasteiger partial charge in [0.25, 0.3) is 0 Å². The predicted octanol–water partition coefficient (Wildman–Crippen LogP) is 3.21. The molecule has 0 aliphatic rings. The molecule has 0 amide bonds. The number of H-pyrrole nitrogens is 2. The molecular formula is C14H8ClN3O. The third-order valence-corrected chi connectivity index (χ3v) is 3.52. The number of fused-ring (bicyclic) bond motifs is 5. The molecule has 19 heavy (non-hydrogen) atoms. The van der Waals surface area contributed by atoms with Gasteiger partial charge in [0.1, 0.15) is 0 Å². The monoisotopic (exact) mass is 269 g/mol. The first-order chi connectivity index (χ1) is 9.22. The summed E-state index contributed by atoms with van der Waals surface area (Å²) < 4.78 is 0. The van der Waals surface area contributed by atoms with Crippen molar-refractivity contribution >= 4 is 44.3 Å². The van der Waals surface area contributed by atoms with Gasteiger partial charge >= 0.3 is 5.69 Å². The Morgan fingerprint density at radius 1 is 1.11 bits per heavy atom. The first-order valence-corrected chi connectivity index (χ1v) is 6.19. The second-order valence-corrected chi connectivity index (χ2v) is 4.88. The van der Waals surface area contributed by atoms with Gasteiger partial charge in [-0.25, -0.2) is 9.78 Å². The number of hydrogen-bond acceptors (Lipinski definition) is 2. The molecule has 0 aliphatic heterocycles. The van der Waals surface area contributed by atoms with E-state index in [2.05, 4.69) is 15.0 Å². The highest BCUT2D eigenvalue weighted by Gasteiger charge is 2.09. The summed E-state index contributed by atoms with van der Waals surface area (Å²) >= 11 is 6.03. The van der Waals surface area contributed by atoms with Crippen molar-refractivity contribution in [2.45, 2.75) is 0 Å². The summed E-state index contributed by atoms with van der Waals surface area (Å²) in [5, 5.41) is 3.59. The smallest absolute Gasteiger partial charge is 0.314 e. The largest absolute Gasteiger partial charge is 0.323 e. The predicted molar refractivity (Wildman–Crippen MR) is 76.7 cm³/mol. The molecule has 2 aromatic carbocycles. The maximum Gasteiger partial charge on any atom is 0.323 e. The summed E-state index contributed by atoms with van der Waals surface area (Å²) in [6.45, 7) is 0. The van der Waals surface area contributed by atoms with Crippen molar-refractivity contribution < 1.29 is 0 Å². The molecule has 4 aromatic rings. The molecule has 0 atom stereocenters. The minimum Gasteiger partial charge on any atom is -0.314 e. The Labute approximate surface area is 112 Å². The standard InChI is InChI=1S/C14H8ClN3O/c15-8-2-4-11-10(5-8)9-3-1-7-6-16-14(19)18-12(7)13(9)17-11/h1-6H,(H2,16,18,19). The third-order valence-electron chi connectivity index (χ3n) is 3.29. The average Bonchev–Trinajstić information content (AvgIpc) is 2.77. The Morgan fingerprint density at radius 2 is 2.00 bits per heavy atom. The average molecular weight is 270 g/mol. The maximum absolute atomic E-state index is 11.4. The number of hydrogen-bond donors (Lipinski definition) is 2. The first-order valence-electron chi connectivity index (χ1n) is 5.82. The Hall–Kier alpha value is -2.33. The van der Waals surface area contributed by atoms with Gasteiger partial charge in [-0.05, 0) is 18.2 Å². The summed E-state index contributed by atoms with van der Waals surface area (Å²) in [7, 11) is 0. The molecule has 0 aliphatic carbocycles. The highest BCUT2D eigenvalue weighted by atomic mass is 35.5. The van der Waals surface area contributed by atoms with Crippen LogP contribution in [0.15, 0.2) is 41.3 Å². The van der Waals surface area contributed by atoms with Crippen LogP contribution in [0.5, 0.6) is 0 Å². The highest BCUT2D eigenvalue weighted by molar-refractivity contribution is 6.32. The molecule has 5 heteroatoms. The van der Waals surface area contributed by atoms with E-state index in [-0.39, 0.29) is 5.69 Å². The lowest BCUT2D eigenvalue weighted by Crippen LogP contribution is -2.08. The molecule has 2 N–H and O–H groups in total. The maximum atomic E-state index is 11.4. The van der Waals surface area contributed by atoms with E-state index < -0.39 is 0 Å². The minimum absolute atomic E-state index is 0.245. The van der Waals surface area contributed by atoms with Crippen molar-refractivity contribution in [1.82, 2.24) is 15.0 Å². The molecule has 0 fully saturated rings. The van der Waals surface area contributed by atoms with E-state index in [1.54, 1.807) is 6.20 Å². The van der Waals surface area contributed by atoms with Gasteiger partial charge in [-0.1, -0.05) is 23.7 Å². The van der Waals surface area contributed by atoms with Crippen molar-refractivity contribution in [2.75, 3.05) is 0 Å². The van der Waals surface area contributed by atoms with Gasteiger partial charge in [-0.15, -0.1) is 0 Å². The van der Waals surface area contributed by atoms with Gasteiger partial charge in [-0.3, -0.25) is 0 Å². The van der Waals surface area contributed by atoms with Gasteiger partial charge in [0.15, 0.2) is 0 Å². The van der Waals surface area contributed by atoms with Crippen molar-refractivity contribution in [1.29, 1.82) is 0 Å². The first kappa shape index (κ1) is 10.6. The molecule has 0 saturated carbocycles. The molecule has 0 unspecified atom stereocenters. The zero-order chi connectivity index (χ0) is 13.0. The summed E-state index contributed by atoms with van der Waals surface area (Å²) in [5.41, 5.74) is 2.17. The van der Waals surface area contributed by atoms with Crippen molar-refractivity contribution in [2.24, 2.45) is 0 Å². The molecule has 0 bridgehead atoms. The van der Waals surface area contributed by atoms with Crippen LogP contribution in [0.1, 0.15) is 0 Å². The van der Waals surface area contributed by atoms with E-state index in [1.165, 1.54) is 0 Å². The van der Waals surface area contributed by atoms with Crippen molar-refractivity contribution in [3.63, 3.8) is 0 Å². The van der Waals surface area contributed by atoms with E-state index in [0.717, 1.165) is 32.7 Å². The molecule has 4 nitrogen and oxygen atoms in total. The minimum atomic E-state index is -0.245. The van der Waals surface area contributed by atoms with Gasteiger partial charge < -0.3 is 9.97 Å². The number of nitrogens with zero attached hydrogens (tertiary/aromatic N) is 1. The summed E-state index contributed by atoms with van der Waals surface area (Å²) in [6.07, 6.45) is 1.68. The van der Waals surface area contributed by atoms with Crippen LogP contribution < -0.4 is 5.69 Å². The Morgan fingerprint density at radius 3 is 2.89 bits per heavy atom. The molecule has 2 aromatic heterocycles. The Balaban J connectivity index is 2.30. The lowest BCUT2D eigenvalue weighted by Gasteiger charge is -1.98. The molecule has 4 rings (SSSR count). The van der Waals surface area contributed by atoms with Gasteiger partial charge in [0.05, 0.1) is 16.6 Å². The van der Waals surface area contributed by atoms with Crippen LogP contribution in [0.2, 0.25) is 5.02 Å². The van der Waals surface area contributed by atoms with Gasteiger partial charge in [0.2, 0.25) is 0 Å². The number of rotatable bonds is 0. The summed E-state index contributed by atoms with van der Waals surface area (Å²) in [6, 6.07) is 9.54. The second-order valence-electron chi connectivity index (χ2n) is 4.44. The summed E-state index contributed by atoms with van der Waals surface area (Å²) in [5.74, 6) is 0. The number of aromatic amines is 2. The van der Waals surface area contributed by atoms with Crippen LogP contribution in [0.25, 0.3) is 32.7 Å². The quantitative estimate of drug-likeness (QED) is 0.515. The van der Waals surface area contributed by atoms with E-state index in [4.69, 9.17) is 11.6 Å². The Kier molecular flexibility index (Phi) is 2.00. The van der Waals surface area contributed by atoms with Crippen LogP contribution in [-0.2, 0) is 0 Å². The number of nitrogens with one attached hydrogen (secondary N) is 2. The third kappa shape index (κ3) is 1.47. The number of halogens is 1. The molecular weight excluding hydrogens is 262 g/mol. The van der Waals surface area contributed by atoms with Crippen LogP contribution in [-0.4, -0.2) is 15.0 Å². The molecule has 0 spiro atoms. The van der Waals surface area contributed by atoms with Crippen LogP contribution in [0.3, 0.4) is 0 Å². The topological polar surface area (TPSA) is 61.5 Å². The summed E-state index contributed by atoms with van der Waals surface area (Å²) in [4.78, 5) is 21.4. The fourth-order valence-electron chi connectivity index (χ4n) is 2.43. The lowest BCUT2D eigenvalue weighted by atomic mass is 10.1. The Bertz CT molecular complexity index is 1000. The van der Waals surface area contributed by atoms with Crippen LogP contribution in [0, 0.1) is 0 Å². The van der Waals surface area contributed by atoms with Crippen molar-refractivity contribution in [3.8, 4) is 0 Å². The fraction of sp³-hybridized carbons (Fsp3) is 0. The zero-order valence-electron chi connectivity index (χ0n) is 9.70. The van der Waals surface area contributed by atoms with Crippen LogP contribution >= 0.6 is 11.6 Å². The lowest BCUT2D eigenvalue weighted by molar-refractivity contribution is 1.12. The molecule has 0 saturated heterocycles. The number of aromatic nitrogens is 3. The highest BCUT2D eigenvalue weighted by Crippen LogP contribution is 2.30. The fourth-order valence-corrected chi connectivity index (χ4v) is 2.60. The van der Waals surface area contributed by atoms with Crippen LogP contribution in [0.4, 0.5) is 0 Å². The molecule has 2 heterocycles.